The minimum Gasteiger partial charge on any atom is -0.465 e. The van der Waals surface area contributed by atoms with Gasteiger partial charge in [-0.1, -0.05) is 0 Å². The summed E-state index contributed by atoms with van der Waals surface area (Å²) in [5, 5.41) is 2.58. The van der Waals surface area contributed by atoms with Crippen LogP contribution in [0.4, 0.5) is 5.69 Å². The second-order valence-electron chi connectivity index (χ2n) is 4.51. The Hall–Kier alpha value is -2.12. The average Bonchev–Trinajstić information content (AvgIpc) is 2.44. The SMILES string of the molecule is COC(=O)c1cc(NC(=O)CC(C)N)cc(C(=O)OC)c1.Cl. The van der Waals surface area contributed by atoms with Crippen molar-refractivity contribution in [1.29, 1.82) is 0 Å². The second kappa shape index (κ2) is 9.01. The molecule has 0 aliphatic carbocycles. The van der Waals surface area contributed by atoms with Crippen LogP contribution >= 0.6 is 12.4 Å². The van der Waals surface area contributed by atoms with Gasteiger partial charge in [0.2, 0.25) is 5.91 Å². The van der Waals surface area contributed by atoms with E-state index in [2.05, 4.69) is 14.8 Å². The fourth-order valence-corrected chi connectivity index (χ4v) is 1.68. The van der Waals surface area contributed by atoms with Gasteiger partial charge >= 0.3 is 11.9 Å². The van der Waals surface area contributed by atoms with E-state index in [1.54, 1.807) is 6.92 Å². The molecule has 1 aromatic carbocycles. The summed E-state index contributed by atoms with van der Waals surface area (Å²) in [5.41, 5.74) is 6.10. The molecule has 0 heterocycles. The van der Waals surface area contributed by atoms with E-state index in [9.17, 15) is 14.4 Å². The molecule has 7 nitrogen and oxygen atoms in total. The number of carbonyl (C=O) groups is 3. The van der Waals surface area contributed by atoms with E-state index in [0.29, 0.717) is 5.69 Å². The lowest BCUT2D eigenvalue weighted by molar-refractivity contribution is -0.116. The summed E-state index contributed by atoms with van der Waals surface area (Å²) in [6.45, 7) is 1.70. The number of nitrogens with two attached hydrogens (primary N) is 1. The molecule has 0 aliphatic rings. The van der Waals surface area contributed by atoms with E-state index in [-0.39, 0.29) is 41.9 Å². The summed E-state index contributed by atoms with van der Waals surface area (Å²) in [5.74, 6) is -1.56. The predicted octanol–water partition coefficient (Wildman–Crippen LogP) is 1.36. The zero-order valence-electron chi connectivity index (χ0n) is 12.5. The molecule has 22 heavy (non-hydrogen) atoms. The molecule has 0 saturated heterocycles. The van der Waals surface area contributed by atoms with Crippen molar-refractivity contribution in [2.75, 3.05) is 19.5 Å². The van der Waals surface area contributed by atoms with Gasteiger partial charge in [0.05, 0.1) is 25.3 Å². The zero-order chi connectivity index (χ0) is 16.0. The second-order valence-corrected chi connectivity index (χ2v) is 4.51. The standard InChI is InChI=1S/C14H18N2O5.ClH/c1-8(15)4-12(17)16-11-6-9(13(18)20-2)5-10(7-11)14(19)21-3;/h5-8H,4,15H2,1-3H3,(H,16,17);1H. The van der Waals surface area contributed by atoms with Gasteiger partial charge in [-0.2, -0.15) is 0 Å². The van der Waals surface area contributed by atoms with E-state index < -0.39 is 11.9 Å². The highest BCUT2D eigenvalue weighted by Crippen LogP contribution is 2.17. The topological polar surface area (TPSA) is 108 Å². The fraction of sp³-hybridized carbons (Fsp3) is 0.357. The van der Waals surface area contributed by atoms with Crippen LogP contribution in [-0.2, 0) is 14.3 Å². The normalized spacial score (nSPS) is 10.9. The Morgan fingerprint density at radius 3 is 1.91 bits per heavy atom. The number of esters is 2. The molecule has 0 spiro atoms. The number of rotatable bonds is 5. The lowest BCUT2D eigenvalue weighted by Crippen LogP contribution is -2.24. The third-order valence-corrected chi connectivity index (χ3v) is 2.57. The zero-order valence-corrected chi connectivity index (χ0v) is 13.4. The Kier molecular flexibility index (Phi) is 8.14. The quantitative estimate of drug-likeness (QED) is 0.789. The Labute approximate surface area is 134 Å². The number of halogens is 1. The van der Waals surface area contributed by atoms with Crippen LogP contribution in [0.15, 0.2) is 18.2 Å². The molecular formula is C14H19ClN2O5. The van der Waals surface area contributed by atoms with Crippen LogP contribution in [0.25, 0.3) is 0 Å². The minimum atomic E-state index is -0.622. The maximum atomic E-state index is 11.7. The summed E-state index contributed by atoms with van der Waals surface area (Å²) in [7, 11) is 2.45. The van der Waals surface area contributed by atoms with Gasteiger partial charge in [0.1, 0.15) is 0 Å². The molecule has 0 radical (unpaired) electrons. The first kappa shape index (κ1) is 19.9. The Balaban J connectivity index is 0.00000441. The molecule has 8 heteroatoms. The van der Waals surface area contributed by atoms with Gasteiger partial charge in [-0.15, -0.1) is 12.4 Å². The number of nitrogens with one attached hydrogen (secondary N) is 1. The number of hydrogen-bond donors (Lipinski definition) is 2. The highest BCUT2D eigenvalue weighted by Gasteiger charge is 2.15. The Morgan fingerprint density at radius 1 is 1.09 bits per heavy atom. The number of methoxy groups -OCH3 is 2. The van der Waals surface area contributed by atoms with Crippen molar-refractivity contribution < 1.29 is 23.9 Å². The first-order valence-corrected chi connectivity index (χ1v) is 6.24. The van der Waals surface area contributed by atoms with E-state index in [1.165, 1.54) is 32.4 Å². The lowest BCUT2D eigenvalue weighted by Gasteiger charge is -2.10. The number of amides is 1. The van der Waals surface area contributed by atoms with E-state index in [4.69, 9.17) is 5.73 Å². The molecule has 1 rings (SSSR count). The summed E-state index contributed by atoms with van der Waals surface area (Å²) in [4.78, 5) is 34.9. The first-order valence-electron chi connectivity index (χ1n) is 6.24. The third kappa shape index (κ3) is 5.71. The smallest absolute Gasteiger partial charge is 0.337 e. The Bertz CT molecular complexity index is 526. The van der Waals surface area contributed by atoms with Gasteiger partial charge in [-0.3, -0.25) is 4.79 Å². The highest BCUT2D eigenvalue weighted by atomic mass is 35.5. The molecule has 1 atom stereocenters. The summed E-state index contributed by atoms with van der Waals surface area (Å²) in [6, 6.07) is 3.86. The number of carbonyl (C=O) groups excluding carboxylic acids is 3. The maximum absolute atomic E-state index is 11.7. The fourth-order valence-electron chi connectivity index (χ4n) is 1.68. The molecule has 1 aromatic rings. The molecular weight excluding hydrogens is 312 g/mol. The van der Waals surface area contributed by atoms with Gasteiger partial charge in [0, 0.05) is 18.2 Å². The van der Waals surface area contributed by atoms with Crippen LogP contribution in [0.3, 0.4) is 0 Å². The lowest BCUT2D eigenvalue weighted by atomic mass is 10.1. The van der Waals surface area contributed by atoms with E-state index in [1.807, 2.05) is 0 Å². The average molecular weight is 331 g/mol. The third-order valence-electron chi connectivity index (χ3n) is 2.57. The number of anilines is 1. The minimum absolute atomic E-state index is 0. The molecule has 3 N–H and O–H groups in total. The van der Waals surface area contributed by atoms with Gasteiger partial charge < -0.3 is 20.5 Å². The number of hydrogen-bond acceptors (Lipinski definition) is 6. The van der Waals surface area contributed by atoms with Crippen molar-refractivity contribution in [2.24, 2.45) is 5.73 Å². The molecule has 0 saturated carbocycles. The molecule has 0 fully saturated rings. The van der Waals surface area contributed by atoms with Gasteiger partial charge in [-0.25, -0.2) is 9.59 Å². The van der Waals surface area contributed by atoms with Gasteiger partial charge in [0.15, 0.2) is 0 Å². The summed E-state index contributed by atoms with van der Waals surface area (Å²) >= 11 is 0. The van der Waals surface area contributed by atoms with Crippen molar-refractivity contribution in [3.05, 3.63) is 29.3 Å². The van der Waals surface area contributed by atoms with Crippen molar-refractivity contribution in [3.8, 4) is 0 Å². The highest BCUT2D eigenvalue weighted by molar-refractivity contribution is 5.99. The van der Waals surface area contributed by atoms with Crippen LogP contribution in [0.5, 0.6) is 0 Å². The summed E-state index contributed by atoms with van der Waals surface area (Å²) in [6.07, 6.45) is 0.121. The van der Waals surface area contributed by atoms with Crippen molar-refractivity contribution in [2.45, 2.75) is 19.4 Å². The van der Waals surface area contributed by atoms with Crippen molar-refractivity contribution >= 4 is 35.9 Å². The van der Waals surface area contributed by atoms with E-state index >= 15 is 0 Å². The van der Waals surface area contributed by atoms with Crippen LogP contribution in [-0.4, -0.2) is 38.1 Å². The van der Waals surface area contributed by atoms with Crippen LogP contribution in [0.2, 0.25) is 0 Å². The number of benzene rings is 1. The monoisotopic (exact) mass is 330 g/mol. The molecule has 1 amide bonds. The maximum Gasteiger partial charge on any atom is 0.337 e. The molecule has 122 valence electrons. The van der Waals surface area contributed by atoms with Crippen LogP contribution < -0.4 is 11.1 Å². The van der Waals surface area contributed by atoms with Crippen LogP contribution in [0, 0.1) is 0 Å². The van der Waals surface area contributed by atoms with Gasteiger partial charge in [0.25, 0.3) is 0 Å². The predicted molar refractivity (Wildman–Crippen MR) is 83.3 cm³/mol. The molecule has 1 unspecified atom stereocenters. The molecule has 0 aromatic heterocycles. The van der Waals surface area contributed by atoms with Crippen LogP contribution in [0.1, 0.15) is 34.1 Å². The molecule has 0 aliphatic heterocycles. The summed E-state index contributed by atoms with van der Waals surface area (Å²) < 4.78 is 9.21. The number of ether oxygens (including phenoxy) is 2. The van der Waals surface area contributed by atoms with Crippen molar-refractivity contribution in [3.63, 3.8) is 0 Å². The van der Waals surface area contributed by atoms with Gasteiger partial charge in [-0.05, 0) is 25.1 Å². The molecule has 0 bridgehead atoms. The van der Waals surface area contributed by atoms with E-state index in [0.717, 1.165) is 0 Å². The Morgan fingerprint density at radius 2 is 1.55 bits per heavy atom. The largest absolute Gasteiger partial charge is 0.465 e. The first-order chi connectivity index (χ1) is 9.87. The van der Waals surface area contributed by atoms with Crippen molar-refractivity contribution in [1.82, 2.24) is 0 Å².